The van der Waals surface area contributed by atoms with E-state index in [4.69, 9.17) is 9.84 Å². The standard InChI is InChI=1S/C20H30N2O5/c1-3-15(2)18(19(24)25)22-17(23)12-8-5-9-13-21-20(26)27-14-16-10-6-4-7-11-16/h4,6-7,10-11,15,18H,3,5,8-9,12-14H2,1-2H3,(H,21,26)(H,22,23)(H,24,25)/t15-,18-/m0/s1. The first kappa shape index (κ1) is 22.5. The predicted octanol–water partition coefficient (Wildman–Crippen LogP) is 3.09. The molecule has 0 aliphatic carbocycles. The van der Waals surface area contributed by atoms with Crippen molar-refractivity contribution in [1.82, 2.24) is 10.6 Å². The van der Waals surface area contributed by atoms with Crippen LogP contribution in [0.5, 0.6) is 0 Å². The van der Waals surface area contributed by atoms with Gasteiger partial charge in [0.15, 0.2) is 0 Å². The summed E-state index contributed by atoms with van der Waals surface area (Å²) in [7, 11) is 0. The number of unbranched alkanes of at least 4 members (excludes halogenated alkanes) is 2. The van der Waals surface area contributed by atoms with E-state index < -0.39 is 18.1 Å². The van der Waals surface area contributed by atoms with Gasteiger partial charge in [0.25, 0.3) is 0 Å². The molecule has 150 valence electrons. The van der Waals surface area contributed by atoms with Crippen LogP contribution in [-0.4, -0.2) is 35.7 Å². The summed E-state index contributed by atoms with van der Waals surface area (Å²) in [6.45, 7) is 4.40. The van der Waals surface area contributed by atoms with Crippen molar-refractivity contribution in [3.63, 3.8) is 0 Å². The third-order valence-electron chi connectivity index (χ3n) is 4.36. The molecule has 3 N–H and O–H groups in total. The molecule has 0 aliphatic rings. The molecule has 0 fully saturated rings. The Balaban J connectivity index is 2.09. The summed E-state index contributed by atoms with van der Waals surface area (Å²) >= 11 is 0. The summed E-state index contributed by atoms with van der Waals surface area (Å²) < 4.78 is 5.10. The molecule has 1 aromatic rings. The van der Waals surface area contributed by atoms with E-state index in [0.717, 1.165) is 18.4 Å². The highest BCUT2D eigenvalue weighted by molar-refractivity contribution is 5.83. The van der Waals surface area contributed by atoms with Crippen LogP contribution in [0, 0.1) is 5.92 Å². The van der Waals surface area contributed by atoms with Gasteiger partial charge in [0.05, 0.1) is 0 Å². The smallest absolute Gasteiger partial charge is 0.407 e. The number of alkyl carbamates (subject to hydrolysis) is 1. The van der Waals surface area contributed by atoms with Gasteiger partial charge in [0.2, 0.25) is 5.91 Å². The minimum atomic E-state index is -1.00. The van der Waals surface area contributed by atoms with Crippen molar-refractivity contribution < 1.29 is 24.2 Å². The number of carboxylic acid groups (broad SMARTS) is 1. The van der Waals surface area contributed by atoms with Crippen LogP contribution in [0.25, 0.3) is 0 Å². The third kappa shape index (κ3) is 9.63. The molecule has 0 heterocycles. The van der Waals surface area contributed by atoms with Crippen LogP contribution in [0.15, 0.2) is 30.3 Å². The molecule has 0 aromatic heterocycles. The molecule has 2 amide bonds. The van der Waals surface area contributed by atoms with E-state index in [1.807, 2.05) is 44.2 Å². The Morgan fingerprint density at radius 3 is 2.44 bits per heavy atom. The molecular weight excluding hydrogens is 348 g/mol. The monoisotopic (exact) mass is 378 g/mol. The second kappa shape index (κ2) is 12.7. The quantitative estimate of drug-likeness (QED) is 0.485. The lowest BCUT2D eigenvalue weighted by Gasteiger charge is -2.20. The number of carbonyl (C=O) groups is 3. The molecule has 0 spiro atoms. The summed E-state index contributed by atoms with van der Waals surface area (Å²) in [4.78, 5) is 34.6. The number of ether oxygens (including phenoxy) is 1. The van der Waals surface area contributed by atoms with Gasteiger partial charge < -0.3 is 20.5 Å². The number of hydrogen-bond donors (Lipinski definition) is 3. The predicted molar refractivity (Wildman–Crippen MR) is 102 cm³/mol. The summed E-state index contributed by atoms with van der Waals surface area (Å²) in [5.41, 5.74) is 0.927. The molecule has 2 atom stereocenters. The molecule has 0 bridgehead atoms. The highest BCUT2D eigenvalue weighted by atomic mass is 16.5. The maximum atomic E-state index is 11.9. The zero-order chi connectivity index (χ0) is 20.1. The first-order chi connectivity index (χ1) is 12.9. The fourth-order valence-electron chi connectivity index (χ4n) is 2.48. The van der Waals surface area contributed by atoms with Crippen LogP contribution < -0.4 is 10.6 Å². The van der Waals surface area contributed by atoms with Crippen molar-refractivity contribution in [3.05, 3.63) is 35.9 Å². The van der Waals surface area contributed by atoms with Gasteiger partial charge in [-0.1, -0.05) is 57.0 Å². The van der Waals surface area contributed by atoms with Gasteiger partial charge in [-0.05, 0) is 24.3 Å². The molecule has 7 heteroatoms. The van der Waals surface area contributed by atoms with E-state index >= 15 is 0 Å². The summed E-state index contributed by atoms with van der Waals surface area (Å²) in [6.07, 6.45) is 2.62. The highest BCUT2D eigenvalue weighted by Crippen LogP contribution is 2.09. The van der Waals surface area contributed by atoms with Crippen LogP contribution in [0.1, 0.15) is 51.5 Å². The average molecular weight is 378 g/mol. The van der Waals surface area contributed by atoms with Crippen molar-refractivity contribution >= 4 is 18.0 Å². The number of aliphatic carboxylic acids is 1. The van der Waals surface area contributed by atoms with Gasteiger partial charge in [-0.2, -0.15) is 0 Å². The molecule has 7 nitrogen and oxygen atoms in total. The fraction of sp³-hybridized carbons (Fsp3) is 0.550. The summed E-state index contributed by atoms with van der Waals surface area (Å²) in [6, 6.07) is 8.59. The van der Waals surface area contributed by atoms with E-state index in [-0.39, 0.29) is 24.9 Å². The van der Waals surface area contributed by atoms with Crippen molar-refractivity contribution in [3.8, 4) is 0 Å². The number of carbonyl (C=O) groups excluding carboxylic acids is 2. The molecule has 0 saturated heterocycles. The van der Waals surface area contributed by atoms with Crippen LogP contribution in [-0.2, 0) is 20.9 Å². The lowest BCUT2D eigenvalue weighted by molar-refractivity contribution is -0.143. The molecule has 1 aromatic carbocycles. The average Bonchev–Trinajstić information content (AvgIpc) is 2.67. The van der Waals surface area contributed by atoms with Crippen LogP contribution in [0.2, 0.25) is 0 Å². The lowest BCUT2D eigenvalue weighted by Crippen LogP contribution is -2.44. The molecule has 1 rings (SSSR count). The summed E-state index contributed by atoms with van der Waals surface area (Å²) in [5, 5.41) is 14.4. The van der Waals surface area contributed by atoms with Crippen molar-refractivity contribution in [2.45, 2.75) is 58.6 Å². The number of hydrogen-bond acceptors (Lipinski definition) is 4. The largest absolute Gasteiger partial charge is 0.480 e. The molecule has 27 heavy (non-hydrogen) atoms. The van der Waals surface area contributed by atoms with Gasteiger partial charge >= 0.3 is 12.1 Å². The second-order valence-electron chi connectivity index (χ2n) is 6.57. The number of carboxylic acids is 1. The van der Waals surface area contributed by atoms with Crippen molar-refractivity contribution in [2.75, 3.05) is 6.54 Å². The highest BCUT2D eigenvalue weighted by Gasteiger charge is 2.24. The van der Waals surface area contributed by atoms with E-state index in [1.54, 1.807) is 0 Å². The van der Waals surface area contributed by atoms with Gasteiger partial charge in [0.1, 0.15) is 12.6 Å². The van der Waals surface area contributed by atoms with Crippen molar-refractivity contribution in [1.29, 1.82) is 0 Å². The SMILES string of the molecule is CC[C@H](C)[C@H](NC(=O)CCCCCNC(=O)OCc1ccccc1)C(=O)O. The van der Waals surface area contributed by atoms with E-state index in [9.17, 15) is 14.4 Å². The molecule has 0 aliphatic heterocycles. The summed E-state index contributed by atoms with van der Waals surface area (Å²) in [5.74, 6) is -1.37. The van der Waals surface area contributed by atoms with Crippen LogP contribution in [0.3, 0.4) is 0 Å². The van der Waals surface area contributed by atoms with E-state index in [1.165, 1.54) is 0 Å². The lowest BCUT2D eigenvalue weighted by atomic mass is 9.99. The zero-order valence-electron chi connectivity index (χ0n) is 16.1. The zero-order valence-corrected chi connectivity index (χ0v) is 16.1. The van der Waals surface area contributed by atoms with Gasteiger partial charge in [-0.25, -0.2) is 9.59 Å². The molecule has 0 radical (unpaired) electrons. The van der Waals surface area contributed by atoms with Gasteiger partial charge in [-0.15, -0.1) is 0 Å². The van der Waals surface area contributed by atoms with Gasteiger partial charge in [0, 0.05) is 13.0 Å². The first-order valence-electron chi connectivity index (χ1n) is 9.40. The molecule has 0 saturated carbocycles. The number of rotatable bonds is 12. The van der Waals surface area contributed by atoms with E-state index in [0.29, 0.717) is 19.4 Å². The second-order valence-corrected chi connectivity index (χ2v) is 6.57. The topological polar surface area (TPSA) is 105 Å². The normalized spacial score (nSPS) is 12.7. The Morgan fingerprint density at radius 1 is 1.11 bits per heavy atom. The Labute approximate surface area is 160 Å². The van der Waals surface area contributed by atoms with Crippen LogP contribution in [0.4, 0.5) is 4.79 Å². The van der Waals surface area contributed by atoms with Gasteiger partial charge in [-0.3, -0.25) is 4.79 Å². The number of nitrogens with one attached hydrogen (secondary N) is 2. The molecular formula is C20H30N2O5. The van der Waals surface area contributed by atoms with E-state index in [2.05, 4.69) is 10.6 Å². The fourth-order valence-corrected chi connectivity index (χ4v) is 2.48. The first-order valence-corrected chi connectivity index (χ1v) is 9.40. The third-order valence-corrected chi connectivity index (χ3v) is 4.36. The minimum absolute atomic E-state index is 0.113. The van der Waals surface area contributed by atoms with Crippen LogP contribution >= 0.6 is 0 Å². The molecule has 0 unspecified atom stereocenters. The Kier molecular flexibility index (Phi) is 10.6. The maximum absolute atomic E-state index is 11.9. The Bertz CT molecular complexity index is 591. The van der Waals surface area contributed by atoms with Crippen molar-refractivity contribution in [2.24, 2.45) is 5.92 Å². The Hall–Kier alpha value is -2.57. The maximum Gasteiger partial charge on any atom is 0.407 e. The minimum Gasteiger partial charge on any atom is -0.480 e. The number of benzene rings is 1. The Morgan fingerprint density at radius 2 is 1.81 bits per heavy atom. The number of amides is 2.